The standard InChI is InChI=1S/C14H19N3O/c1-9(2)14-16-11-4-3-10(7-12(11)17-14)13-8-18-6-5-15-13/h3-4,7,9,13,15H,5-6,8H2,1-2H3,(H,16,17). The summed E-state index contributed by atoms with van der Waals surface area (Å²) < 4.78 is 5.50. The van der Waals surface area contributed by atoms with Gasteiger partial charge in [-0.15, -0.1) is 0 Å². The second kappa shape index (κ2) is 4.71. The minimum absolute atomic E-state index is 0.300. The molecule has 0 spiro atoms. The minimum Gasteiger partial charge on any atom is -0.378 e. The Labute approximate surface area is 107 Å². The molecule has 0 aliphatic carbocycles. The molecule has 1 aliphatic rings. The Morgan fingerprint density at radius 2 is 2.28 bits per heavy atom. The molecule has 1 aromatic carbocycles. The van der Waals surface area contributed by atoms with Crippen LogP contribution in [-0.2, 0) is 4.74 Å². The second-order valence-corrected chi connectivity index (χ2v) is 5.13. The fourth-order valence-corrected chi connectivity index (χ4v) is 2.32. The maximum absolute atomic E-state index is 5.50. The predicted molar refractivity (Wildman–Crippen MR) is 71.7 cm³/mol. The van der Waals surface area contributed by atoms with Gasteiger partial charge in [-0.1, -0.05) is 19.9 Å². The topological polar surface area (TPSA) is 49.9 Å². The van der Waals surface area contributed by atoms with Gasteiger partial charge in [0.15, 0.2) is 0 Å². The van der Waals surface area contributed by atoms with Crippen molar-refractivity contribution in [3.63, 3.8) is 0 Å². The van der Waals surface area contributed by atoms with E-state index in [-0.39, 0.29) is 0 Å². The highest BCUT2D eigenvalue weighted by atomic mass is 16.5. The van der Waals surface area contributed by atoms with Crippen LogP contribution in [0, 0.1) is 0 Å². The van der Waals surface area contributed by atoms with E-state index in [1.807, 2.05) is 0 Å². The molecular weight excluding hydrogens is 226 g/mol. The summed E-state index contributed by atoms with van der Waals surface area (Å²) in [5.74, 6) is 1.48. The van der Waals surface area contributed by atoms with Crippen LogP contribution in [0.4, 0.5) is 0 Å². The second-order valence-electron chi connectivity index (χ2n) is 5.13. The highest BCUT2D eigenvalue weighted by Crippen LogP contribution is 2.22. The third-order valence-corrected chi connectivity index (χ3v) is 3.40. The largest absolute Gasteiger partial charge is 0.378 e. The molecule has 3 rings (SSSR count). The van der Waals surface area contributed by atoms with Crippen molar-refractivity contribution in [1.29, 1.82) is 0 Å². The van der Waals surface area contributed by atoms with Crippen LogP contribution in [0.15, 0.2) is 18.2 Å². The molecule has 1 saturated heterocycles. The first-order chi connectivity index (χ1) is 8.74. The number of ether oxygens (including phenoxy) is 1. The number of rotatable bonds is 2. The maximum Gasteiger partial charge on any atom is 0.109 e. The number of H-pyrrole nitrogens is 1. The summed E-state index contributed by atoms with van der Waals surface area (Å²) in [5, 5.41) is 3.47. The zero-order chi connectivity index (χ0) is 12.5. The first-order valence-electron chi connectivity index (χ1n) is 6.55. The van der Waals surface area contributed by atoms with Crippen LogP contribution in [0.3, 0.4) is 0 Å². The van der Waals surface area contributed by atoms with Crippen LogP contribution in [0.1, 0.15) is 37.2 Å². The van der Waals surface area contributed by atoms with Crippen molar-refractivity contribution in [1.82, 2.24) is 15.3 Å². The van der Waals surface area contributed by atoms with E-state index < -0.39 is 0 Å². The Balaban J connectivity index is 1.94. The molecule has 96 valence electrons. The van der Waals surface area contributed by atoms with Crippen LogP contribution in [0.2, 0.25) is 0 Å². The van der Waals surface area contributed by atoms with Gasteiger partial charge in [-0.3, -0.25) is 0 Å². The SMILES string of the molecule is CC(C)c1nc2ccc(C3COCCN3)cc2[nH]1. The van der Waals surface area contributed by atoms with Gasteiger partial charge in [0, 0.05) is 12.5 Å². The lowest BCUT2D eigenvalue weighted by atomic mass is 10.1. The quantitative estimate of drug-likeness (QED) is 0.854. The Hall–Kier alpha value is -1.39. The van der Waals surface area contributed by atoms with Crippen molar-refractivity contribution >= 4 is 11.0 Å². The van der Waals surface area contributed by atoms with Gasteiger partial charge in [0.1, 0.15) is 5.82 Å². The average molecular weight is 245 g/mol. The summed E-state index contributed by atoms with van der Waals surface area (Å²) in [6.07, 6.45) is 0. The summed E-state index contributed by atoms with van der Waals surface area (Å²) in [5.41, 5.74) is 3.42. The Morgan fingerprint density at radius 3 is 3.00 bits per heavy atom. The third-order valence-electron chi connectivity index (χ3n) is 3.40. The molecule has 2 heterocycles. The fourth-order valence-electron chi connectivity index (χ4n) is 2.32. The van der Waals surface area contributed by atoms with E-state index >= 15 is 0 Å². The molecule has 18 heavy (non-hydrogen) atoms. The number of imidazole rings is 1. The minimum atomic E-state index is 0.300. The lowest BCUT2D eigenvalue weighted by Gasteiger charge is -2.24. The van der Waals surface area contributed by atoms with Gasteiger partial charge in [0.2, 0.25) is 0 Å². The number of hydrogen-bond donors (Lipinski definition) is 2. The molecule has 4 nitrogen and oxygen atoms in total. The Bertz CT molecular complexity index is 541. The van der Waals surface area contributed by atoms with Crippen LogP contribution in [0.25, 0.3) is 11.0 Å². The van der Waals surface area contributed by atoms with E-state index in [4.69, 9.17) is 4.74 Å². The number of nitrogens with zero attached hydrogens (tertiary/aromatic N) is 1. The van der Waals surface area contributed by atoms with Gasteiger partial charge < -0.3 is 15.0 Å². The van der Waals surface area contributed by atoms with E-state index in [1.54, 1.807) is 0 Å². The van der Waals surface area contributed by atoms with Crippen molar-refractivity contribution in [3.8, 4) is 0 Å². The van der Waals surface area contributed by atoms with Gasteiger partial charge in [-0.05, 0) is 17.7 Å². The van der Waals surface area contributed by atoms with Crippen molar-refractivity contribution in [2.24, 2.45) is 0 Å². The lowest BCUT2D eigenvalue weighted by molar-refractivity contribution is 0.0769. The number of fused-ring (bicyclic) bond motifs is 1. The van der Waals surface area contributed by atoms with E-state index in [1.165, 1.54) is 5.56 Å². The first-order valence-corrected chi connectivity index (χ1v) is 6.55. The number of morpholine rings is 1. The molecule has 4 heteroatoms. The number of hydrogen-bond acceptors (Lipinski definition) is 3. The molecule has 2 aromatic rings. The summed E-state index contributed by atoms with van der Waals surface area (Å²) in [4.78, 5) is 7.99. The molecule has 1 unspecified atom stereocenters. The van der Waals surface area contributed by atoms with E-state index in [2.05, 4.69) is 47.3 Å². The fraction of sp³-hybridized carbons (Fsp3) is 0.500. The molecule has 0 radical (unpaired) electrons. The predicted octanol–water partition coefficient (Wildman–Crippen LogP) is 2.35. The summed E-state index contributed by atoms with van der Waals surface area (Å²) in [6.45, 7) is 6.77. The number of aromatic nitrogens is 2. The zero-order valence-corrected chi connectivity index (χ0v) is 10.9. The smallest absolute Gasteiger partial charge is 0.109 e. The average Bonchev–Trinajstić information content (AvgIpc) is 2.82. The number of aromatic amines is 1. The van der Waals surface area contributed by atoms with Crippen molar-refractivity contribution in [2.75, 3.05) is 19.8 Å². The summed E-state index contributed by atoms with van der Waals surface area (Å²) in [6, 6.07) is 6.71. The molecule has 1 aliphatic heterocycles. The van der Waals surface area contributed by atoms with Crippen LogP contribution in [-0.4, -0.2) is 29.7 Å². The molecular formula is C14H19N3O. The molecule has 0 amide bonds. The summed E-state index contributed by atoms with van der Waals surface area (Å²) >= 11 is 0. The van der Waals surface area contributed by atoms with Gasteiger partial charge in [0.05, 0.1) is 30.3 Å². The van der Waals surface area contributed by atoms with Crippen LogP contribution in [0.5, 0.6) is 0 Å². The molecule has 2 N–H and O–H groups in total. The maximum atomic E-state index is 5.50. The van der Waals surface area contributed by atoms with E-state index in [0.717, 1.165) is 36.6 Å². The Kier molecular flexibility index (Phi) is 3.06. The molecule has 1 fully saturated rings. The highest BCUT2D eigenvalue weighted by molar-refractivity contribution is 5.76. The molecule has 0 bridgehead atoms. The Morgan fingerprint density at radius 1 is 1.39 bits per heavy atom. The van der Waals surface area contributed by atoms with E-state index in [9.17, 15) is 0 Å². The third kappa shape index (κ3) is 2.13. The number of benzene rings is 1. The molecule has 0 saturated carbocycles. The van der Waals surface area contributed by atoms with Gasteiger partial charge in [-0.25, -0.2) is 4.98 Å². The summed E-state index contributed by atoms with van der Waals surface area (Å²) in [7, 11) is 0. The lowest BCUT2D eigenvalue weighted by Crippen LogP contribution is -2.34. The van der Waals surface area contributed by atoms with Gasteiger partial charge >= 0.3 is 0 Å². The van der Waals surface area contributed by atoms with Crippen molar-refractivity contribution < 1.29 is 4.74 Å². The van der Waals surface area contributed by atoms with Crippen LogP contribution < -0.4 is 5.32 Å². The van der Waals surface area contributed by atoms with Crippen molar-refractivity contribution in [2.45, 2.75) is 25.8 Å². The molecule has 1 atom stereocenters. The number of nitrogens with one attached hydrogen (secondary N) is 2. The monoisotopic (exact) mass is 245 g/mol. The normalized spacial score (nSPS) is 20.7. The highest BCUT2D eigenvalue weighted by Gasteiger charge is 2.16. The molecule has 1 aromatic heterocycles. The van der Waals surface area contributed by atoms with E-state index in [0.29, 0.717) is 12.0 Å². The van der Waals surface area contributed by atoms with Crippen molar-refractivity contribution in [3.05, 3.63) is 29.6 Å². The van der Waals surface area contributed by atoms with Gasteiger partial charge in [0.25, 0.3) is 0 Å². The first kappa shape index (κ1) is 11.7. The zero-order valence-electron chi connectivity index (χ0n) is 10.9. The van der Waals surface area contributed by atoms with Gasteiger partial charge in [-0.2, -0.15) is 0 Å². The van der Waals surface area contributed by atoms with Crippen LogP contribution >= 0.6 is 0 Å².